The highest BCUT2D eigenvalue weighted by molar-refractivity contribution is 5.76. The molecule has 0 radical (unpaired) electrons. The summed E-state index contributed by atoms with van der Waals surface area (Å²) < 4.78 is 16.0. The van der Waals surface area contributed by atoms with Crippen LogP contribution in [0.5, 0.6) is 17.2 Å². The molecule has 1 unspecified atom stereocenters. The van der Waals surface area contributed by atoms with Gasteiger partial charge in [-0.05, 0) is 24.6 Å². The Bertz CT molecular complexity index is 649. The van der Waals surface area contributed by atoms with Crippen LogP contribution in [0.3, 0.4) is 0 Å². The average Bonchev–Trinajstić information content (AvgIpc) is 2.66. The molecule has 2 rings (SSSR count). The van der Waals surface area contributed by atoms with Gasteiger partial charge in [-0.2, -0.15) is 0 Å². The van der Waals surface area contributed by atoms with E-state index < -0.39 is 0 Å². The second kappa shape index (κ2) is 9.31. The third-order valence-electron chi connectivity index (χ3n) is 4.57. The fourth-order valence-corrected chi connectivity index (χ4v) is 3.04. The number of hydrogen-bond donors (Lipinski definition) is 2. The molecule has 1 atom stereocenters. The normalized spacial score (nSPS) is 15.8. The van der Waals surface area contributed by atoms with Crippen molar-refractivity contribution in [2.45, 2.75) is 13.0 Å². The van der Waals surface area contributed by atoms with Gasteiger partial charge in [0.25, 0.3) is 0 Å². The number of nitrogens with one attached hydrogen (secondary N) is 1. The maximum atomic E-state index is 12.6. The molecular formula is C18H28N4O5. The number of methoxy groups -OCH3 is 3. The second-order valence-corrected chi connectivity index (χ2v) is 6.36. The van der Waals surface area contributed by atoms with Gasteiger partial charge in [-0.25, -0.2) is 4.79 Å². The number of primary amides is 1. The average molecular weight is 380 g/mol. The van der Waals surface area contributed by atoms with Crippen molar-refractivity contribution < 1.29 is 23.8 Å². The fraction of sp³-hybridized carbons (Fsp3) is 0.556. The zero-order chi connectivity index (χ0) is 20.0. The molecule has 0 aromatic heterocycles. The van der Waals surface area contributed by atoms with Crippen molar-refractivity contribution in [2.75, 3.05) is 54.1 Å². The molecule has 1 aliphatic heterocycles. The number of hydrogen-bond acceptors (Lipinski definition) is 6. The van der Waals surface area contributed by atoms with Crippen molar-refractivity contribution in [3.05, 3.63) is 17.7 Å². The molecule has 0 aliphatic carbocycles. The van der Waals surface area contributed by atoms with Gasteiger partial charge in [-0.1, -0.05) is 0 Å². The van der Waals surface area contributed by atoms with Gasteiger partial charge in [0.05, 0.1) is 33.9 Å². The Hall–Kier alpha value is -2.68. The fourth-order valence-electron chi connectivity index (χ4n) is 3.04. The van der Waals surface area contributed by atoms with Crippen molar-refractivity contribution in [3.63, 3.8) is 0 Å². The maximum Gasteiger partial charge on any atom is 0.317 e. The van der Waals surface area contributed by atoms with E-state index in [0.717, 1.165) is 5.56 Å². The standard InChI is InChI=1S/C18H28N4O5/c1-12(13-9-14(25-2)17(27-4)15(10-13)26-3)20-18(24)22-7-5-21(6-8-22)11-16(19)23/h9-10,12H,5-8,11H2,1-4H3,(H2,19,23)(H,20,24). The molecule has 0 bridgehead atoms. The first-order valence-corrected chi connectivity index (χ1v) is 8.75. The van der Waals surface area contributed by atoms with Crippen LogP contribution in [0.15, 0.2) is 12.1 Å². The number of carbonyl (C=O) groups excluding carboxylic acids is 2. The molecule has 9 heteroatoms. The lowest BCUT2D eigenvalue weighted by Crippen LogP contribution is -2.53. The summed E-state index contributed by atoms with van der Waals surface area (Å²) in [5.74, 6) is 1.22. The molecule has 0 spiro atoms. The first-order valence-electron chi connectivity index (χ1n) is 8.75. The molecule has 27 heavy (non-hydrogen) atoms. The van der Waals surface area contributed by atoms with E-state index in [9.17, 15) is 9.59 Å². The Morgan fingerprint density at radius 1 is 1.07 bits per heavy atom. The largest absolute Gasteiger partial charge is 0.493 e. The number of benzene rings is 1. The van der Waals surface area contributed by atoms with E-state index in [4.69, 9.17) is 19.9 Å². The van der Waals surface area contributed by atoms with Crippen molar-refractivity contribution in [1.82, 2.24) is 15.1 Å². The van der Waals surface area contributed by atoms with Crippen LogP contribution in [0.25, 0.3) is 0 Å². The quantitative estimate of drug-likeness (QED) is 0.717. The second-order valence-electron chi connectivity index (χ2n) is 6.36. The minimum absolute atomic E-state index is 0.157. The van der Waals surface area contributed by atoms with E-state index in [1.54, 1.807) is 26.2 Å². The van der Waals surface area contributed by atoms with Crippen molar-refractivity contribution in [2.24, 2.45) is 5.73 Å². The lowest BCUT2D eigenvalue weighted by atomic mass is 10.1. The molecule has 1 aromatic carbocycles. The zero-order valence-electron chi connectivity index (χ0n) is 16.3. The Morgan fingerprint density at radius 2 is 1.63 bits per heavy atom. The molecule has 0 saturated carbocycles. The van der Waals surface area contributed by atoms with E-state index in [1.807, 2.05) is 24.0 Å². The number of nitrogens with zero attached hydrogens (tertiary/aromatic N) is 2. The molecule has 1 heterocycles. The van der Waals surface area contributed by atoms with Gasteiger partial charge in [-0.3, -0.25) is 9.69 Å². The topological polar surface area (TPSA) is 106 Å². The number of urea groups is 1. The summed E-state index contributed by atoms with van der Waals surface area (Å²) in [7, 11) is 4.65. The molecule has 9 nitrogen and oxygen atoms in total. The number of nitrogens with two attached hydrogens (primary N) is 1. The Balaban J connectivity index is 2.01. The molecule has 1 aliphatic rings. The summed E-state index contributed by atoms with van der Waals surface area (Å²) in [5.41, 5.74) is 6.05. The van der Waals surface area contributed by atoms with Crippen molar-refractivity contribution in [1.29, 1.82) is 0 Å². The lowest BCUT2D eigenvalue weighted by Gasteiger charge is -2.34. The van der Waals surface area contributed by atoms with E-state index in [2.05, 4.69) is 5.32 Å². The summed E-state index contributed by atoms with van der Waals surface area (Å²) >= 11 is 0. The minimum Gasteiger partial charge on any atom is -0.493 e. The molecule has 150 valence electrons. The third-order valence-corrected chi connectivity index (χ3v) is 4.57. The number of carbonyl (C=O) groups is 2. The van der Waals surface area contributed by atoms with E-state index in [0.29, 0.717) is 43.4 Å². The van der Waals surface area contributed by atoms with E-state index in [-0.39, 0.29) is 24.5 Å². The molecule has 1 aromatic rings. The van der Waals surface area contributed by atoms with Crippen LogP contribution < -0.4 is 25.3 Å². The molecule has 3 N–H and O–H groups in total. The summed E-state index contributed by atoms with van der Waals surface area (Å²) in [6, 6.07) is 3.22. The smallest absolute Gasteiger partial charge is 0.317 e. The van der Waals surface area contributed by atoms with E-state index in [1.165, 1.54) is 0 Å². The number of ether oxygens (including phenoxy) is 3. The number of piperazine rings is 1. The highest BCUT2D eigenvalue weighted by atomic mass is 16.5. The van der Waals surface area contributed by atoms with Crippen LogP contribution in [0, 0.1) is 0 Å². The van der Waals surface area contributed by atoms with Gasteiger partial charge in [0, 0.05) is 26.2 Å². The number of amides is 3. The summed E-state index contributed by atoms with van der Waals surface area (Å²) in [5, 5.41) is 2.99. The Kier molecular flexibility index (Phi) is 7.12. The van der Waals surface area contributed by atoms with Crippen LogP contribution >= 0.6 is 0 Å². The van der Waals surface area contributed by atoms with E-state index >= 15 is 0 Å². The highest BCUT2D eigenvalue weighted by Gasteiger charge is 2.24. The zero-order valence-corrected chi connectivity index (χ0v) is 16.3. The SMILES string of the molecule is COc1cc(C(C)NC(=O)N2CCN(CC(N)=O)CC2)cc(OC)c1OC. The Morgan fingerprint density at radius 3 is 2.07 bits per heavy atom. The van der Waals surface area contributed by atoms with Gasteiger partial charge < -0.3 is 30.2 Å². The summed E-state index contributed by atoms with van der Waals surface area (Å²) in [4.78, 5) is 27.2. The minimum atomic E-state index is -0.357. The van der Waals surface area contributed by atoms with Crippen LogP contribution in [-0.2, 0) is 4.79 Å². The van der Waals surface area contributed by atoms with Crippen LogP contribution in [0.4, 0.5) is 4.79 Å². The van der Waals surface area contributed by atoms with Crippen molar-refractivity contribution in [3.8, 4) is 17.2 Å². The first-order chi connectivity index (χ1) is 12.9. The number of rotatable bonds is 7. The van der Waals surface area contributed by atoms with Gasteiger partial charge >= 0.3 is 6.03 Å². The van der Waals surface area contributed by atoms with Crippen molar-refractivity contribution >= 4 is 11.9 Å². The third kappa shape index (κ3) is 5.16. The highest BCUT2D eigenvalue weighted by Crippen LogP contribution is 2.39. The van der Waals surface area contributed by atoms with Crippen LogP contribution in [0.2, 0.25) is 0 Å². The summed E-state index contributed by atoms with van der Waals surface area (Å²) in [6.45, 7) is 4.44. The first kappa shape index (κ1) is 20.6. The monoisotopic (exact) mass is 380 g/mol. The van der Waals surface area contributed by atoms with Gasteiger partial charge in [-0.15, -0.1) is 0 Å². The lowest BCUT2D eigenvalue weighted by molar-refractivity contribution is -0.119. The Labute approximate surface area is 159 Å². The molecule has 1 saturated heterocycles. The van der Waals surface area contributed by atoms with Crippen LogP contribution in [0.1, 0.15) is 18.5 Å². The predicted octanol–water partition coefficient (Wildman–Crippen LogP) is 0.586. The van der Waals surface area contributed by atoms with Gasteiger partial charge in [0.1, 0.15) is 0 Å². The maximum absolute atomic E-state index is 12.6. The predicted molar refractivity (Wildman–Crippen MR) is 100 cm³/mol. The van der Waals surface area contributed by atoms with Gasteiger partial charge in [0.15, 0.2) is 11.5 Å². The molecule has 1 fully saturated rings. The molecule has 3 amide bonds. The van der Waals surface area contributed by atoms with Gasteiger partial charge in [0.2, 0.25) is 11.7 Å². The molecular weight excluding hydrogens is 352 g/mol. The summed E-state index contributed by atoms with van der Waals surface area (Å²) in [6.07, 6.45) is 0. The van der Waals surface area contributed by atoms with Crippen LogP contribution in [-0.4, -0.2) is 75.8 Å².